The topological polar surface area (TPSA) is 43.8 Å². The van der Waals surface area contributed by atoms with E-state index in [0.717, 1.165) is 0 Å². The van der Waals surface area contributed by atoms with Gasteiger partial charge in [0.05, 0.1) is 0 Å². The van der Waals surface area contributed by atoms with Crippen molar-refractivity contribution in [1.29, 1.82) is 0 Å². The molecule has 0 radical (unpaired) electrons. The Bertz CT molecular complexity index is 194. The normalized spacial score (nSPS) is 9.33. The van der Waals surface area contributed by atoms with Gasteiger partial charge in [0.1, 0.15) is 6.33 Å². The van der Waals surface area contributed by atoms with Crippen LogP contribution >= 0.6 is 24.2 Å². The lowest BCUT2D eigenvalue weighted by Crippen LogP contribution is -2.03. The van der Waals surface area contributed by atoms with Crippen LogP contribution in [-0.4, -0.2) is 13.3 Å². The molecule has 0 aromatic carbocycles. The first-order chi connectivity index (χ1) is 4.29. The van der Waals surface area contributed by atoms with E-state index in [-0.39, 0.29) is 0 Å². The van der Waals surface area contributed by atoms with Gasteiger partial charge in [0.15, 0.2) is 4.32 Å². The molecule has 2 N–H and O–H groups in total. The minimum Gasteiger partial charge on any atom is -0.383 e. The number of thiocarbonyl (C=S) groups is 1. The van der Waals surface area contributed by atoms with Crippen molar-refractivity contribution in [1.82, 2.24) is 8.96 Å². The third kappa shape index (κ3) is 2.03. The first kappa shape index (κ1) is 6.57. The van der Waals surface area contributed by atoms with Gasteiger partial charge in [0.2, 0.25) is 0 Å². The van der Waals surface area contributed by atoms with Crippen molar-refractivity contribution in [3.63, 3.8) is 0 Å². The molecule has 0 unspecified atom stereocenters. The highest BCUT2D eigenvalue weighted by molar-refractivity contribution is 8.21. The van der Waals surface area contributed by atoms with E-state index in [1.807, 2.05) is 0 Å². The zero-order chi connectivity index (χ0) is 6.69. The van der Waals surface area contributed by atoms with Crippen molar-refractivity contribution < 1.29 is 0 Å². The molecular formula is C4H5N3S2. The molecule has 1 rings (SSSR count). The van der Waals surface area contributed by atoms with Crippen molar-refractivity contribution in [2.45, 2.75) is 0 Å². The van der Waals surface area contributed by atoms with Crippen LogP contribution in [0.5, 0.6) is 0 Å². The number of hydrogen-bond acceptors (Lipinski definition) is 3. The number of imidazole rings is 1. The lowest BCUT2D eigenvalue weighted by molar-refractivity contribution is 1.24. The van der Waals surface area contributed by atoms with Crippen LogP contribution in [0.25, 0.3) is 0 Å². The van der Waals surface area contributed by atoms with Gasteiger partial charge in [-0.25, -0.2) is 4.98 Å². The molecule has 0 spiro atoms. The minimum absolute atomic E-state index is 0.396. The fourth-order valence-corrected chi connectivity index (χ4v) is 1.09. The molecule has 5 heteroatoms. The van der Waals surface area contributed by atoms with Crippen LogP contribution in [0, 0.1) is 0 Å². The largest absolute Gasteiger partial charge is 0.383 e. The number of aromatic nitrogens is 2. The van der Waals surface area contributed by atoms with Crippen LogP contribution in [0.4, 0.5) is 0 Å². The maximum atomic E-state index is 5.23. The summed E-state index contributed by atoms with van der Waals surface area (Å²) in [5.74, 6) is 0. The summed E-state index contributed by atoms with van der Waals surface area (Å²) in [4.78, 5) is 3.80. The molecular weight excluding hydrogens is 154 g/mol. The highest BCUT2D eigenvalue weighted by atomic mass is 32.2. The van der Waals surface area contributed by atoms with E-state index in [4.69, 9.17) is 5.73 Å². The average molecular weight is 159 g/mol. The quantitative estimate of drug-likeness (QED) is 0.610. The SMILES string of the molecule is NC(=S)Sn1ccnc1. The molecule has 0 aliphatic rings. The molecule has 0 aliphatic carbocycles. The van der Waals surface area contributed by atoms with E-state index in [9.17, 15) is 0 Å². The van der Waals surface area contributed by atoms with Gasteiger partial charge in [-0.2, -0.15) is 0 Å². The van der Waals surface area contributed by atoms with E-state index >= 15 is 0 Å². The van der Waals surface area contributed by atoms with Gasteiger partial charge in [0, 0.05) is 24.3 Å². The first-order valence-electron chi connectivity index (χ1n) is 2.25. The summed E-state index contributed by atoms with van der Waals surface area (Å²) in [7, 11) is 0. The molecule has 0 aliphatic heterocycles. The molecule has 1 aromatic heterocycles. The van der Waals surface area contributed by atoms with Crippen molar-refractivity contribution in [2.24, 2.45) is 5.73 Å². The van der Waals surface area contributed by atoms with Gasteiger partial charge in [-0.1, -0.05) is 12.2 Å². The second-order valence-electron chi connectivity index (χ2n) is 1.33. The van der Waals surface area contributed by atoms with Crippen LogP contribution in [0.3, 0.4) is 0 Å². The number of rotatable bonds is 1. The zero-order valence-corrected chi connectivity index (χ0v) is 6.15. The molecule has 0 atom stereocenters. The van der Waals surface area contributed by atoms with Gasteiger partial charge >= 0.3 is 0 Å². The zero-order valence-electron chi connectivity index (χ0n) is 4.52. The fraction of sp³-hybridized carbons (Fsp3) is 0. The predicted molar refractivity (Wildman–Crippen MR) is 42.0 cm³/mol. The van der Waals surface area contributed by atoms with E-state index in [2.05, 4.69) is 17.2 Å². The summed E-state index contributed by atoms with van der Waals surface area (Å²) >= 11 is 5.90. The Balaban J connectivity index is 2.58. The van der Waals surface area contributed by atoms with E-state index in [1.165, 1.54) is 11.9 Å². The number of hydrogen-bond donors (Lipinski definition) is 1. The smallest absolute Gasteiger partial charge is 0.152 e. The fourth-order valence-electron chi connectivity index (χ4n) is 0.405. The molecule has 0 bridgehead atoms. The van der Waals surface area contributed by atoms with Gasteiger partial charge in [-0.15, -0.1) is 0 Å². The Morgan fingerprint density at radius 3 is 3.00 bits per heavy atom. The van der Waals surface area contributed by atoms with Crippen LogP contribution < -0.4 is 5.73 Å². The summed E-state index contributed by atoms with van der Waals surface area (Å²) in [6.45, 7) is 0. The van der Waals surface area contributed by atoms with E-state index in [1.54, 1.807) is 22.7 Å². The highest BCUT2D eigenvalue weighted by Crippen LogP contribution is 2.02. The van der Waals surface area contributed by atoms with E-state index in [0.29, 0.717) is 4.32 Å². The van der Waals surface area contributed by atoms with Crippen LogP contribution in [-0.2, 0) is 0 Å². The Morgan fingerprint density at radius 2 is 2.56 bits per heavy atom. The average Bonchev–Trinajstić information content (AvgIpc) is 2.15. The molecule has 48 valence electrons. The summed E-state index contributed by atoms with van der Waals surface area (Å²) in [6, 6.07) is 0. The predicted octanol–water partition coefficient (Wildman–Crippen LogP) is 0.623. The number of nitrogens with two attached hydrogens (primary N) is 1. The molecule has 3 nitrogen and oxygen atoms in total. The summed E-state index contributed by atoms with van der Waals surface area (Å²) < 4.78 is 2.13. The van der Waals surface area contributed by atoms with Crippen LogP contribution in [0.2, 0.25) is 0 Å². The molecule has 1 aromatic rings. The van der Waals surface area contributed by atoms with E-state index < -0.39 is 0 Å². The van der Waals surface area contributed by atoms with Crippen LogP contribution in [0.15, 0.2) is 18.7 Å². The maximum absolute atomic E-state index is 5.23. The number of nitrogens with zero attached hydrogens (tertiary/aromatic N) is 2. The third-order valence-electron chi connectivity index (χ3n) is 0.676. The van der Waals surface area contributed by atoms with Crippen molar-refractivity contribution in [3.8, 4) is 0 Å². The van der Waals surface area contributed by atoms with Crippen molar-refractivity contribution in [3.05, 3.63) is 18.7 Å². The maximum Gasteiger partial charge on any atom is 0.152 e. The Hall–Kier alpha value is -0.550. The standard InChI is InChI=1S/C4H5N3S2/c5-4(8)9-7-2-1-6-3-7/h1-3H,(H2,5,8). The van der Waals surface area contributed by atoms with Gasteiger partial charge in [-0.05, 0) is 0 Å². The Kier molecular flexibility index (Phi) is 2.07. The lowest BCUT2D eigenvalue weighted by Gasteiger charge is -1.93. The molecule has 1 heterocycles. The Labute approximate surface area is 62.4 Å². The second-order valence-corrected chi connectivity index (χ2v) is 3.08. The summed E-state index contributed by atoms with van der Waals surface area (Å²) in [5, 5.41) is 0. The monoisotopic (exact) mass is 159 g/mol. The molecule has 9 heavy (non-hydrogen) atoms. The molecule has 0 fully saturated rings. The first-order valence-corrected chi connectivity index (χ1v) is 3.43. The third-order valence-corrected chi connectivity index (χ3v) is 1.51. The summed E-state index contributed by atoms with van der Waals surface area (Å²) in [5.41, 5.74) is 5.23. The minimum atomic E-state index is 0.396. The molecule has 0 amide bonds. The molecule has 0 saturated carbocycles. The van der Waals surface area contributed by atoms with Gasteiger partial charge in [-0.3, -0.25) is 3.97 Å². The van der Waals surface area contributed by atoms with Gasteiger partial charge < -0.3 is 5.73 Å². The van der Waals surface area contributed by atoms with Gasteiger partial charge in [0.25, 0.3) is 0 Å². The summed E-state index contributed by atoms with van der Waals surface area (Å²) in [6.07, 6.45) is 5.10. The highest BCUT2D eigenvalue weighted by Gasteiger charge is 1.90. The van der Waals surface area contributed by atoms with Crippen LogP contribution in [0.1, 0.15) is 0 Å². The molecule has 0 saturated heterocycles. The second kappa shape index (κ2) is 2.84. The van der Waals surface area contributed by atoms with Crippen molar-refractivity contribution >= 4 is 28.5 Å². The lowest BCUT2D eigenvalue weighted by atomic mass is 11.0. The Morgan fingerprint density at radius 1 is 1.78 bits per heavy atom. The van der Waals surface area contributed by atoms with Crippen molar-refractivity contribution in [2.75, 3.05) is 0 Å².